The fourth-order valence-electron chi connectivity index (χ4n) is 1.79. The van der Waals surface area contributed by atoms with Crippen LogP contribution in [0.2, 0.25) is 0 Å². The summed E-state index contributed by atoms with van der Waals surface area (Å²) in [6.45, 7) is 0.466. The standard InChI is InChI=1S/C15H16O2/c16-15(14-9-5-2-6-10-14)17-12-11-13-7-3-1-4-8-13/h1-3,5-6,8-10H,4,7,11-12H2. The Hall–Kier alpha value is -1.83. The maximum Gasteiger partial charge on any atom is 0.338 e. The maximum atomic E-state index is 11.6. The van der Waals surface area contributed by atoms with Gasteiger partial charge in [-0.1, -0.05) is 42.0 Å². The molecule has 88 valence electrons. The van der Waals surface area contributed by atoms with Gasteiger partial charge in [-0.2, -0.15) is 0 Å². The van der Waals surface area contributed by atoms with Crippen molar-refractivity contribution in [3.8, 4) is 0 Å². The van der Waals surface area contributed by atoms with Crippen LogP contribution in [-0.4, -0.2) is 12.6 Å². The maximum absolute atomic E-state index is 11.6. The SMILES string of the molecule is O=C(OCCC1=CCC=CC1)c1ccccc1. The Bertz CT molecular complexity index is 429. The van der Waals surface area contributed by atoms with Crippen LogP contribution in [-0.2, 0) is 4.74 Å². The van der Waals surface area contributed by atoms with E-state index in [1.165, 1.54) is 5.57 Å². The molecule has 0 saturated carbocycles. The van der Waals surface area contributed by atoms with Gasteiger partial charge >= 0.3 is 5.97 Å². The molecule has 0 heterocycles. The predicted octanol–water partition coefficient (Wildman–Crippen LogP) is 3.51. The molecule has 1 aromatic rings. The number of carbonyl (C=O) groups is 1. The number of esters is 1. The molecule has 0 aliphatic heterocycles. The average molecular weight is 228 g/mol. The third-order valence-corrected chi connectivity index (χ3v) is 2.76. The second-order valence-electron chi connectivity index (χ2n) is 4.03. The van der Waals surface area contributed by atoms with Gasteiger partial charge in [0.15, 0.2) is 0 Å². The van der Waals surface area contributed by atoms with Crippen LogP contribution in [0.4, 0.5) is 0 Å². The minimum atomic E-state index is -0.238. The Kier molecular flexibility index (Phi) is 4.14. The topological polar surface area (TPSA) is 26.3 Å². The van der Waals surface area contributed by atoms with Crippen molar-refractivity contribution >= 4 is 5.97 Å². The molecule has 2 nitrogen and oxygen atoms in total. The van der Waals surface area contributed by atoms with Crippen molar-refractivity contribution in [3.63, 3.8) is 0 Å². The van der Waals surface area contributed by atoms with Crippen molar-refractivity contribution in [2.45, 2.75) is 19.3 Å². The summed E-state index contributed by atoms with van der Waals surface area (Å²) in [5.41, 5.74) is 1.97. The molecule has 0 atom stereocenters. The molecule has 0 unspecified atom stereocenters. The van der Waals surface area contributed by atoms with Gasteiger partial charge in [0.25, 0.3) is 0 Å². The largest absolute Gasteiger partial charge is 0.462 e. The summed E-state index contributed by atoms with van der Waals surface area (Å²) in [4.78, 5) is 11.6. The molecule has 0 fully saturated rings. The number of carbonyl (C=O) groups excluding carboxylic acids is 1. The van der Waals surface area contributed by atoms with Gasteiger partial charge in [0.2, 0.25) is 0 Å². The number of allylic oxidation sites excluding steroid dienone is 3. The Labute approximate surface area is 102 Å². The lowest BCUT2D eigenvalue weighted by Gasteiger charge is -2.09. The second-order valence-corrected chi connectivity index (χ2v) is 4.03. The van der Waals surface area contributed by atoms with Crippen LogP contribution in [0, 0.1) is 0 Å². The van der Waals surface area contributed by atoms with Crippen molar-refractivity contribution < 1.29 is 9.53 Å². The van der Waals surface area contributed by atoms with E-state index in [4.69, 9.17) is 4.74 Å². The van der Waals surface area contributed by atoms with E-state index in [1.54, 1.807) is 12.1 Å². The van der Waals surface area contributed by atoms with Gasteiger partial charge in [0, 0.05) is 6.42 Å². The van der Waals surface area contributed by atoms with Gasteiger partial charge in [0.1, 0.15) is 0 Å². The zero-order valence-electron chi connectivity index (χ0n) is 9.76. The number of ether oxygens (including phenoxy) is 1. The summed E-state index contributed by atoms with van der Waals surface area (Å²) in [5, 5.41) is 0. The van der Waals surface area contributed by atoms with Gasteiger partial charge in [-0.3, -0.25) is 0 Å². The molecule has 2 rings (SSSR count). The highest BCUT2D eigenvalue weighted by Crippen LogP contribution is 2.14. The van der Waals surface area contributed by atoms with Crippen LogP contribution >= 0.6 is 0 Å². The summed E-state index contributed by atoms with van der Waals surface area (Å²) < 4.78 is 5.23. The molecular weight excluding hydrogens is 212 g/mol. The zero-order valence-corrected chi connectivity index (χ0v) is 9.76. The Morgan fingerprint density at radius 1 is 1.18 bits per heavy atom. The van der Waals surface area contributed by atoms with Crippen molar-refractivity contribution in [2.75, 3.05) is 6.61 Å². The number of hydrogen-bond donors (Lipinski definition) is 0. The normalized spacial score (nSPS) is 14.2. The summed E-state index contributed by atoms with van der Waals surface area (Å²) in [6, 6.07) is 9.10. The van der Waals surface area contributed by atoms with Crippen molar-refractivity contribution in [2.24, 2.45) is 0 Å². The molecule has 17 heavy (non-hydrogen) atoms. The van der Waals surface area contributed by atoms with E-state index in [1.807, 2.05) is 18.2 Å². The first-order valence-corrected chi connectivity index (χ1v) is 5.91. The van der Waals surface area contributed by atoms with E-state index in [0.717, 1.165) is 19.3 Å². The first-order valence-electron chi connectivity index (χ1n) is 5.91. The summed E-state index contributed by atoms with van der Waals surface area (Å²) in [6.07, 6.45) is 9.35. The van der Waals surface area contributed by atoms with Crippen LogP contribution in [0.25, 0.3) is 0 Å². The van der Waals surface area contributed by atoms with Crippen molar-refractivity contribution in [3.05, 3.63) is 59.7 Å². The predicted molar refractivity (Wildman–Crippen MR) is 67.8 cm³/mol. The zero-order chi connectivity index (χ0) is 11.9. The highest BCUT2D eigenvalue weighted by atomic mass is 16.5. The van der Waals surface area contributed by atoms with E-state index < -0.39 is 0 Å². The Morgan fingerprint density at radius 2 is 2.00 bits per heavy atom. The molecule has 0 radical (unpaired) electrons. The molecule has 0 spiro atoms. The lowest BCUT2D eigenvalue weighted by Crippen LogP contribution is -2.07. The molecular formula is C15H16O2. The molecule has 0 N–H and O–H groups in total. The van der Waals surface area contributed by atoms with Gasteiger partial charge in [-0.05, 0) is 25.0 Å². The summed E-state index contributed by atoms with van der Waals surface area (Å²) in [7, 11) is 0. The first kappa shape index (κ1) is 11.6. The second kappa shape index (κ2) is 6.04. The van der Waals surface area contributed by atoms with E-state index in [-0.39, 0.29) is 5.97 Å². The summed E-state index contributed by atoms with van der Waals surface area (Å²) in [5.74, 6) is -0.238. The minimum absolute atomic E-state index is 0.238. The number of rotatable bonds is 4. The highest BCUT2D eigenvalue weighted by molar-refractivity contribution is 5.89. The van der Waals surface area contributed by atoms with E-state index in [2.05, 4.69) is 18.2 Å². The molecule has 1 aromatic carbocycles. The molecule has 1 aliphatic carbocycles. The van der Waals surface area contributed by atoms with E-state index in [9.17, 15) is 4.79 Å². The number of hydrogen-bond acceptors (Lipinski definition) is 2. The van der Waals surface area contributed by atoms with Gasteiger partial charge in [0.05, 0.1) is 12.2 Å². The van der Waals surface area contributed by atoms with Crippen LogP contribution in [0.1, 0.15) is 29.6 Å². The van der Waals surface area contributed by atoms with Crippen molar-refractivity contribution in [1.82, 2.24) is 0 Å². The van der Waals surface area contributed by atoms with Crippen LogP contribution in [0.5, 0.6) is 0 Å². The first-order chi connectivity index (χ1) is 8.36. The lowest BCUT2D eigenvalue weighted by atomic mass is 10.0. The fraction of sp³-hybridized carbons (Fsp3) is 0.267. The Balaban J connectivity index is 1.75. The third-order valence-electron chi connectivity index (χ3n) is 2.76. The van der Waals surface area contributed by atoms with Gasteiger partial charge in [-0.15, -0.1) is 0 Å². The molecule has 2 heteroatoms. The van der Waals surface area contributed by atoms with E-state index >= 15 is 0 Å². The van der Waals surface area contributed by atoms with Crippen LogP contribution < -0.4 is 0 Å². The van der Waals surface area contributed by atoms with Crippen LogP contribution in [0.3, 0.4) is 0 Å². The smallest absolute Gasteiger partial charge is 0.338 e. The molecule has 0 aromatic heterocycles. The monoisotopic (exact) mass is 228 g/mol. The molecule has 0 saturated heterocycles. The quantitative estimate of drug-likeness (QED) is 0.582. The molecule has 1 aliphatic rings. The lowest BCUT2D eigenvalue weighted by molar-refractivity contribution is 0.0509. The minimum Gasteiger partial charge on any atom is -0.462 e. The third kappa shape index (κ3) is 3.59. The van der Waals surface area contributed by atoms with Crippen molar-refractivity contribution in [1.29, 1.82) is 0 Å². The van der Waals surface area contributed by atoms with Crippen LogP contribution in [0.15, 0.2) is 54.1 Å². The fourth-order valence-corrected chi connectivity index (χ4v) is 1.79. The molecule has 0 bridgehead atoms. The van der Waals surface area contributed by atoms with E-state index in [0.29, 0.717) is 12.2 Å². The van der Waals surface area contributed by atoms with Gasteiger partial charge in [-0.25, -0.2) is 4.79 Å². The molecule has 0 amide bonds. The number of benzene rings is 1. The average Bonchev–Trinajstić information content (AvgIpc) is 2.41. The Morgan fingerprint density at radius 3 is 2.71 bits per heavy atom. The highest BCUT2D eigenvalue weighted by Gasteiger charge is 2.06. The summed E-state index contributed by atoms with van der Waals surface area (Å²) >= 11 is 0. The van der Waals surface area contributed by atoms with Gasteiger partial charge < -0.3 is 4.74 Å².